The van der Waals surface area contributed by atoms with Crippen molar-refractivity contribution in [3.63, 3.8) is 0 Å². The van der Waals surface area contributed by atoms with Crippen molar-refractivity contribution in [2.24, 2.45) is 7.05 Å². The van der Waals surface area contributed by atoms with E-state index in [0.29, 0.717) is 20.9 Å². The third kappa shape index (κ3) is 2.26. The van der Waals surface area contributed by atoms with Crippen LogP contribution in [0.1, 0.15) is 10.4 Å². The summed E-state index contributed by atoms with van der Waals surface area (Å²) >= 11 is 7.25. The van der Waals surface area contributed by atoms with Gasteiger partial charge in [0.1, 0.15) is 5.56 Å². The Bertz CT molecular complexity index is 946. The second-order valence-corrected chi connectivity index (χ2v) is 5.98. The molecule has 5 nitrogen and oxygen atoms in total. The lowest BCUT2D eigenvalue weighted by Gasteiger charge is -2.10. The average Bonchev–Trinajstić information content (AvgIpc) is 2.97. The minimum Gasteiger partial charge on any atom is -0.505 e. The van der Waals surface area contributed by atoms with E-state index in [1.54, 1.807) is 42.8 Å². The number of aryl methyl sites for hydroxylation is 1. The van der Waals surface area contributed by atoms with Crippen molar-refractivity contribution in [3.8, 4) is 5.75 Å². The van der Waals surface area contributed by atoms with Crippen LogP contribution in [0.4, 0.5) is 5.69 Å². The smallest absolute Gasteiger partial charge is 0.267 e. The zero-order valence-electron chi connectivity index (χ0n) is 11.5. The van der Waals surface area contributed by atoms with Crippen molar-refractivity contribution in [2.45, 2.75) is 0 Å². The van der Waals surface area contributed by atoms with E-state index in [-0.39, 0.29) is 11.3 Å². The molecule has 0 fully saturated rings. The van der Waals surface area contributed by atoms with E-state index in [9.17, 15) is 14.7 Å². The maximum atomic E-state index is 12.4. The average molecular weight is 335 g/mol. The van der Waals surface area contributed by atoms with Crippen LogP contribution in [-0.2, 0) is 7.05 Å². The molecule has 0 bridgehead atoms. The number of nitrogens with zero attached hydrogens (tertiary/aromatic N) is 1. The molecule has 2 heterocycles. The zero-order valence-corrected chi connectivity index (χ0v) is 13.0. The van der Waals surface area contributed by atoms with Crippen molar-refractivity contribution in [2.75, 3.05) is 5.32 Å². The van der Waals surface area contributed by atoms with Crippen LogP contribution in [0.25, 0.3) is 10.2 Å². The Kier molecular flexibility index (Phi) is 3.64. The molecule has 2 N–H and O–H groups in total. The van der Waals surface area contributed by atoms with Gasteiger partial charge in [0.2, 0.25) is 0 Å². The van der Waals surface area contributed by atoms with Gasteiger partial charge in [0.15, 0.2) is 5.75 Å². The molecule has 2 aromatic heterocycles. The molecule has 1 amide bonds. The number of carbonyl (C=O) groups is 1. The normalized spacial score (nSPS) is 10.8. The van der Waals surface area contributed by atoms with E-state index in [1.165, 1.54) is 15.9 Å². The maximum absolute atomic E-state index is 12.4. The van der Waals surface area contributed by atoms with Gasteiger partial charge in [0, 0.05) is 7.05 Å². The molecule has 7 heteroatoms. The predicted molar refractivity (Wildman–Crippen MR) is 88.1 cm³/mol. The number of pyridine rings is 1. The predicted octanol–water partition coefficient (Wildman–Crippen LogP) is 3.21. The van der Waals surface area contributed by atoms with Crippen LogP contribution in [-0.4, -0.2) is 15.6 Å². The minimum atomic E-state index is -0.693. The van der Waals surface area contributed by atoms with E-state index < -0.39 is 11.5 Å². The van der Waals surface area contributed by atoms with Gasteiger partial charge in [-0.1, -0.05) is 23.7 Å². The molecular weight excluding hydrogens is 324 g/mol. The molecule has 3 rings (SSSR count). The molecule has 0 saturated carbocycles. The number of aromatic nitrogens is 1. The van der Waals surface area contributed by atoms with E-state index in [4.69, 9.17) is 11.6 Å². The van der Waals surface area contributed by atoms with Gasteiger partial charge in [-0.15, -0.1) is 11.3 Å². The molecular formula is C15H11ClN2O3S. The molecule has 0 unspecified atom stereocenters. The number of rotatable bonds is 2. The number of thiophene rings is 1. The number of benzene rings is 1. The standard InChI is InChI=1S/C15H11ClN2O3S/c1-18-10-6-7-22-13(10)12(19)11(15(18)21)14(20)17-9-5-3-2-4-8(9)16/h2-7,19H,1H3,(H,17,20). The molecule has 0 saturated heterocycles. The number of anilines is 1. The second-order valence-electron chi connectivity index (χ2n) is 4.66. The summed E-state index contributed by atoms with van der Waals surface area (Å²) in [7, 11) is 1.56. The fourth-order valence-corrected chi connectivity index (χ4v) is 3.24. The van der Waals surface area contributed by atoms with Gasteiger partial charge in [-0.05, 0) is 23.6 Å². The highest BCUT2D eigenvalue weighted by molar-refractivity contribution is 7.17. The third-order valence-corrected chi connectivity index (χ3v) is 4.57. The van der Waals surface area contributed by atoms with Gasteiger partial charge in [-0.2, -0.15) is 0 Å². The van der Waals surface area contributed by atoms with Gasteiger partial charge < -0.3 is 15.0 Å². The SMILES string of the molecule is Cn1c(=O)c(C(=O)Nc2ccccc2Cl)c(O)c2sccc21. The van der Waals surface area contributed by atoms with Gasteiger partial charge in [0.25, 0.3) is 11.5 Å². The van der Waals surface area contributed by atoms with Crippen molar-refractivity contribution in [1.29, 1.82) is 0 Å². The number of fused-ring (bicyclic) bond motifs is 1. The summed E-state index contributed by atoms with van der Waals surface area (Å²) in [5, 5.41) is 14.9. The highest BCUT2D eigenvalue weighted by Gasteiger charge is 2.22. The van der Waals surface area contributed by atoms with E-state index in [0.717, 1.165) is 0 Å². The molecule has 3 aromatic rings. The van der Waals surface area contributed by atoms with Gasteiger partial charge in [-0.3, -0.25) is 9.59 Å². The topological polar surface area (TPSA) is 71.3 Å². The molecule has 22 heavy (non-hydrogen) atoms. The first-order valence-electron chi connectivity index (χ1n) is 6.35. The summed E-state index contributed by atoms with van der Waals surface area (Å²) in [5.74, 6) is -1.00. The molecule has 0 atom stereocenters. The van der Waals surface area contributed by atoms with Crippen molar-refractivity contribution >= 4 is 44.7 Å². The van der Waals surface area contributed by atoms with Crippen LogP contribution in [0.3, 0.4) is 0 Å². The minimum absolute atomic E-state index is 0.294. The quantitative estimate of drug-likeness (QED) is 0.756. The zero-order chi connectivity index (χ0) is 15.9. The van der Waals surface area contributed by atoms with Crippen LogP contribution >= 0.6 is 22.9 Å². The highest BCUT2D eigenvalue weighted by atomic mass is 35.5. The third-order valence-electron chi connectivity index (χ3n) is 3.33. The van der Waals surface area contributed by atoms with Crippen molar-refractivity contribution in [1.82, 2.24) is 4.57 Å². The summed E-state index contributed by atoms with van der Waals surface area (Å²) in [6.07, 6.45) is 0. The molecule has 0 radical (unpaired) electrons. The lowest BCUT2D eigenvalue weighted by molar-refractivity contribution is 0.102. The fraction of sp³-hybridized carbons (Fsp3) is 0.0667. The fourth-order valence-electron chi connectivity index (χ4n) is 2.19. The first-order valence-corrected chi connectivity index (χ1v) is 7.61. The Morgan fingerprint density at radius 2 is 2.05 bits per heavy atom. The monoisotopic (exact) mass is 334 g/mol. The second kappa shape index (κ2) is 5.47. The number of hydrogen-bond donors (Lipinski definition) is 2. The summed E-state index contributed by atoms with van der Waals surface area (Å²) in [6, 6.07) is 8.40. The molecule has 1 aromatic carbocycles. The Labute approximate surface area is 134 Å². The van der Waals surface area contributed by atoms with E-state index in [2.05, 4.69) is 5.32 Å². The van der Waals surface area contributed by atoms with Crippen molar-refractivity contribution < 1.29 is 9.90 Å². The van der Waals surface area contributed by atoms with Crippen LogP contribution in [0.15, 0.2) is 40.5 Å². The number of carbonyl (C=O) groups excluding carboxylic acids is 1. The van der Waals surface area contributed by atoms with Crippen molar-refractivity contribution in [3.05, 3.63) is 56.7 Å². The lowest BCUT2D eigenvalue weighted by atomic mass is 10.2. The summed E-state index contributed by atoms with van der Waals surface area (Å²) in [5.41, 5.74) is 0.106. The first-order chi connectivity index (χ1) is 10.5. The van der Waals surface area contributed by atoms with Gasteiger partial charge in [-0.25, -0.2) is 0 Å². The Morgan fingerprint density at radius 1 is 1.32 bits per heavy atom. The van der Waals surface area contributed by atoms with E-state index in [1.807, 2.05) is 0 Å². The van der Waals surface area contributed by atoms with Crippen LogP contribution < -0.4 is 10.9 Å². The van der Waals surface area contributed by atoms with Gasteiger partial charge in [0.05, 0.1) is 20.9 Å². The number of aromatic hydroxyl groups is 1. The van der Waals surface area contributed by atoms with Gasteiger partial charge >= 0.3 is 0 Å². The molecule has 0 aliphatic rings. The van der Waals surface area contributed by atoms with Crippen LogP contribution in [0.2, 0.25) is 5.02 Å². The number of amides is 1. The Balaban J connectivity index is 2.12. The summed E-state index contributed by atoms with van der Waals surface area (Å²) < 4.78 is 1.83. The Morgan fingerprint density at radius 3 is 2.77 bits per heavy atom. The number of hydrogen-bond acceptors (Lipinski definition) is 4. The molecule has 112 valence electrons. The van der Waals surface area contributed by atoms with E-state index >= 15 is 0 Å². The van der Waals surface area contributed by atoms with Crippen LogP contribution in [0, 0.1) is 0 Å². The summed E-state index contributed by atoms with van der Waals surface area (Å²) in [6.45, 7) is 0. The lowest BCUT2D eigenvalue weighted by Crippen LogP contribution is -2.27. The molecule has 0 aliphatic carbocycles. The number of nitrogens with one attached hydrogen (secondary N) is 1. The summed E-state index contributed by atoms with van der Waals surface area (Å²) in [4.78, 5) is 24.7. The maximum Gasteiger partial charge on any atom is 0.267 e. The molecule has 0 spiro atoms. The first kappa shape index (κ1) is 14.6. The number of para-hydroxylation sites is 1. The van der Waals surface area contributed by atoms with Crippen LogP contribution in [0.5, 0.6) is 5.75 Å². The highest BCUT2D eigenvalue weighted by Crippen LogP contribution is 2.31. The number of halogens is 1. The Hall–Kier alpha value is -2.31. The largest absolute Gasteiger partial charge is 0.505 e. The molecule has 0 aliphatic heterocycles.